The highest BCUT2D eigenvalue weighted by Crippen LogP contribution is 2.40. The molecule has 1 aromatic carbocycles. The molecule has 19 heavy (non-hydrogen) atoms. The van der Waals surface area contributed by atoms with Gasteiger partial charge < -0.3 is 10.1 Å². The van der Waals surface area contributed by atoms with Gasteiger partial charge in [-0.1, -0.05) is 11.6 Å². The third kappa shape index (κ3) is 3.97. The Morgan fingerprint density at radius 2 is 2.11 bits per heavy atom. The first-order valence-electron chi connectivity index (χ1n) is 5.05. The Bertz CT molecular complexity index is 480. The Morgan fingerprint density at radius 1 is 1.47 bits per heavy atom. The van der Waals surface area contributed by atoms with Crippen LogP contribution in [0.4, 0.5) is 24.5 Å². The summed E-state index contributed by atoms with van der Waals surface area (Å²) in [7, 11) is 1.43. The van der Waals surface area contributed by atoms with E-state index in [-0.39, 0.29) is 18.8 Å². The maximum atomic E-state index is 12.6. The van der Waals surface area contributed by atoms with Crippen LogP contribution in [-0.2, 0) is 10.9 Å². The fraction of sp³-hybridized carbons (Fsp3) is 0.400. The molecule has 0 aliphatic rings. The molecule has 1 N–H and O–H groups in total. The van der Waals surface area contributed by atoms with Gasteiger partial charge >= 0.3 is 6.18 Å². The van der Waals surface area contributed by atoms with Crippen LogP contribution in [0.25, 0.3) is 0 Å². The van der Waals surface area contributed by atoms with Gasteiger partial charge in [-0.2, -0.15) is 13.2 Å². The third-order valence-corrected chi connectivity index (χ3v) is 2.52. The monoisotopic (exact) mass is 298 g/mol. The first kappa shape index (κ1) is 15.5. The molecule has 0 atom stereocenters. The molecule has 0 spiro atoms. The Kier molecular flexibility index (Phi) is 4.96. The van der Waals surface area contributed by atoms with Gasteiger partial charge in [0.2, 0.25) is 0 Å². The SMILES string of the molecule is COCCNc1cc(Cl)c(C(F)(F)F)cc1[N+](=O)[O-]. The number of hydrogen-bond donors (Lipinski definition) is 1. The number of nitrogens with one attached hydrogen (secondary N) is 1. The zero-order chi connectivity index (χ0) is 14.6. The van der Waals surface area contributed by atoms with Gasteiger partial charge in [-0.3, -0.25) is 10.1 Å². The molecule has 0 fully saturated rings. The average Bonchev–Trinajstić information content (AvgIpc) is 2.27. The van der Waals surface area contributed by atoms with Crippen molar-refractivity contribution in [3.05, 3.63) is 32.8 Å². The van der Waals surface area contributed by atoms with Crippen LogP contribution in [0.5, 0.6) is 0 Å². The number of nitrogens with zero attached hydrogens (tertiary/aromatic N) is 1. The zero-order valence-electron chi connectivity index (χ0n) is 9.75. The van der Waals surface area contributed by atoms with Crippen molar-refractivity contribution >= 4 is 23.0 Å². The summed E-state index contributed by atoms with van der Waals surface area (Å²) in [5.41, 5.74) is -2.01. The summed E-state index contributed by atoms with van der Waals surface area (Å²) in [4.78, 5) is 9.87. The van der Waals surface area contributed by atoms with Crippen LogP contribution >= 0.6 is 11.6 Å². The van der Waals surface area contributed by atoms with Crippen molar-refractivity contribution in [1.82, 2.24) is 0 Å². The lowest BCUT2D eigenvalue weighted by Gasteiger charge is -2.12. The van der Waals surface area contributed by atoms with E-state index in [1.807, 2.05) is 0 Å². The maximum absolute atomic E-state index is 12.6. The number of hydrogen-bond acceptors (Lipinski definition) is 4. The van der Waals surface area contributed by atoms with Gasteiger partial charge in [0.15, 0.2) is 0 Å². The van der Waals surface area contributed by atoms with Crippen LogP contribution in [0, 0.1) is 10.1 Å². The summed E-state index contributed by atoms with van der Waals surface area (Å²) >= 11 is 5.49. The summed E-state index contributed by atoms with van der Waals surface area (Å²) in [6, 6.07) is 1.30. The topological polar surface area (TPSA) is 64.4 Å². The first-order chi connectivity index (χ1) is 8.77. The highest BCUT2D eigenvalue weighted by molar-refractivity contribution is 6.31. The predicted octanol–water partition coefficient (Wildman–Crippen LogP) is 3.33. The number of benzene rings is 1. The Morgan fingerprint density at radius 3 is 2.58 bits per heavy atom. The van der Waals surface area contributed by atoms with E-state index in [4.69, 9.17) is 16.3 Å². The molecule has 0 aliphatic carbocycles. The Labute approximate surface area is 111 Å². The summed E-state index contributed by atoms with van der Waals surface area (Å²) in [5, 5.41) is 12.8. The van der Waals surface area contributed by atoms with Gasteiger partial charge in [0.05, 0.1) is 22.1 Å². The summed E-state index contributed by atoms with van der Waals surface area (Å²) in [5.74, 6) is 0. The largest absolute Gasteiger partial charge is 0.418 e. The quantitative estimate of drug-likeness (QED) is 0.514. The van der Waals surface area contributed by atoms with Crippen molar-refractivity contribution in [2.45, 2.75) is 6.18 Å². The van der Waals surface area contributed by atoms with E-state index in [1.54, 1.807) is 0 Å². The Hall–Kier alpha value is -1.54. The number of halogens is 4. The van der Waals surface area contributed by atoms with E-state index in [0.29, 0.717) is 6.07 Å². The molecular weight excluding hydrogens is 289 g/mol. The van der Waals surface area contributed by atoms with Crippen LogP contribution in [-0.4, -0.2) is 25.2 Å². The molecule has 1 aromatic rings. The minimum absolute atomic E-state index is 0.0833. The molecule has 0 radical (unpaired) electrons. The molecule has 0 aromatic heterocycles. The summed E-state index contributed by atoms with van der Waals surface area (Å²) in [6.45, 7) is 0.453. The minimum Gasteiger partial charge on any atom is -0.383 e. The molecule has 0 saturated carbocycles. The fourth-order valence-corrected chi connectivity index (χ4v) is 1.63. The molecule has 5 nitrogen and oxygen atoms in total. The summed E-state index contributed by atoms with van der Waals surface area (Å²) in [6.07, 6.45) is -4.74. The number of ether oxygens (including phenoxy) is 1. The van der Waals surface area contributed by atoms with E-state index in [1.165, 1.54) is 7.11 Å². The normalized spacial score (nSPS) is 11.4. The van der Waals surface area contributed by atoms with E-state index >= 15 is 0 Å². The van der Waals surface area contributed by atoms with Crippen molar-refractivity contribution in [2.24, 2.45) is 0 Å². The molecular formula is C10H10ClF3N2O3. The van der Waals surface area contributed by atoms with Crippen LogP contribution in [0.1, 0.15) is 5.56 Å². The standard InChI is InChI=1S/C10H10ClF3N2O3/c1-19-3-2-15-8-5-7(11)6(10(12,13)14)4-9(8)16(17)18/h4-5,15H,2-3H2,1H3. The molecule has 0 unspecified atom stereocenters. The number of methoxy groups -OCH3 is 1. The van der Waals surface area contributed by atoms with Gasteiger partial charge in [0.25, 0.3) is 5.69 Å². The zero-order valence-corrected chi connectivity index (χ0v) is 10.5. The second kappa shape index (κ2) is 6.07. The lowest BCUT2D eigenvalue weighted by Crippen LogP contribution is -2.11. The Balaban J connectivity index is 3.18. The highest BCUT2D eigenvalue weighted by atomic mass is 35.5. The first-order valence-corrected chi connectivity index (χ1v) is 5.43. The van der Waals surface area contributed by atoms with Crippen molar-refractivity contribution in [2.75, 3.05) is 25.6 Å². The van der Waals surface area contributed by atoms with Crippen molar-refractivity contribution in [3.63, 3.8) is 0 Å². The second-order valence-electron chi connectivity index (χ2n) is 3.52. The molecule has 0 aliphatic heterocycles. The molecule has 9 heteroatoms. The van der Waals surface area contributed by atoms with Gasteiger partial charge in [-0.05, 0) is 6.07 Å². The van der Waals surface area contributed by atoms with Crippen molar-refractivity contribution < 1.29 is 22.8 Å². The van der Waals surface area contributed by atoms with E-state index in [9.17, 15) is 23.3 Å². The average molecular weight is 299 g/mol. The van der Waals surface area contributed by atoms with Gasteiger partial charge in [0, 0.05) is 19.7 Å². The maximum Gasteiger partial charge on any atom is 0.418 e. The van der Waals surface area contributed by atoms with E-state index < -0.39 is 27.4 Å². The second-order valence-corrected chi connectivity index (χ2v) is 3.93. The van der Waals surface area contributed by atoms with Crippen LogP contribution < -0.4 is 5.32 Å². The predicted molar refractivity (Wildman–Crippen MR) is 63.5 cm³/mol. The van der Waals surface area contributed by atoms with Gasteiger partial charge in [-0.15, -0.1) is 0 Å². The number of anilines is 1. The highest BCUT2D eigenvalue weighted by Gasteiger charge is 2.36. The number of nitro benzene ring substituents is 1. The van der Waals surface area contributed by atoms with E-state index in [2.05, 4.69) is 5.32 Å². The number of alkyl halides is 3. The molecule has 106 valence electrons. The smallest absolute Gasteiger partial charge is 0.383 e. The third-order valence-electron chi connectivity index (χ3n) is 2.21. The lowest BCUT2D eigenvalue weighted by atomic mass is 10.1. The molecule has 1 rings (SSSR count). The van der Waals surface area contributed by atoms with Crippen molar-refractivity contribution in [3.8, 4) is 0 Å². The fourth-order valence-electron chi connectivity index (χ4n) is 1.36. The molecule has 0 saturated heterocycles. The number of rotatable bonds is 5. The van der Waals surface area contributed by atoms with Crippen LogP contribution in [0.2, 0.25) is 5.02 Å². The van der Waals surface area contributed by atoms with Crippen LogP contribution in [0.15, 0.2) is 12.1 Å². The van der Waals surface area contributed by atoms with Gasteiger partial charge in [-0.25, -0.2) is 0 Å². The van der Waals surface area contributed by atoms with E-state index in [0.717, 1.165) is 6.07 Å². The summed E-state index contributed by atoms with van der Waals surface area (Å²) < 4.78 is 42.5. The van der Waals surface area contributed by atoms with Crippen molar-refractivity contribution in [1.29, 1.82) is 0 Å². The van der Waals surface area contributed by atoms with Crippen LogP contribution in [0.3, 0.4) is 0 Å². The molecule has 0 bridgehead atoms. The lowest BCUT2D eigenvalue weighted by molar-refractivity contribution is -0.384. The van der Waals surface area contributed by atoms with Gasteiger partial charge in [0.1, 0.15) is 5.69 Å². The molecule has 0 heterocycles. The molecule has 0 amide bonds. The minimum atomic E-state index is -4.74. The number of nitro groups is 1.